The molecule has 0 saturated carbocycles. The molecular weight excluding hydrogens is 305 g/mol. The number of halogens is 3. The number of pyridine rings is 1. The molecule has 0 fully saturated rings. The van der Waals surface area contributed by atoms with Crippen molar-refractivity contribution in [2.75, 3.05) is 6.61 Å². The standard InChI is InChI=1S/C13H17F3N2O2S/c1-8(2)6-9(7-19)18-11(20)10-4-3-5-17-12(10)21-13(14,15)16/h3-5,8-9,19H,6-7H2,1-2H3,(H,18,20). The SMILES string of the molecule is CC(C)CC(CO)NC(=O)c1cccnc1SC(F)(F)F. The van der Waals surface area contributed by atoms with Crippen LogP contribution >= 0.6 is 11.8 Å². The highest BCUT2D eigenvalue weighted by atomic mass is 32.2. The van der Waals surface area contributed by atoms with Gasteiger partial charge in [-0.25, -0.2) is 4.98 Å². The highest BCUT2D eigenvalue weighted by molar-refractivity contribution is 8.00. The molecule has 1 heterocycles. The lowest BCUT2D eigenvalue weighted by molar-refractivity contribution is -0.0329. The van der Waals surface area contributed by atoms with Crippen LogP contribution in [0.5, 0.6) is 0 Å². The van der Waals surface area contributed by atoms with E-state index in [1.54, 1.807) is 0 Å². The number of aromatic nitrogens is 1. The van der Waals surface area contributed by atoms with Crippen LogP contribution in [0.1, 0.15) is 30.6 Å². The van der Waals surface area contributed by atoms with E-state index in [0.29, 0.717) is 6.42 Å². The molecule has 1 atom stereocenters. The van der Waals surface area contributed by atoms with Gasteiger partial charge in [0.25, 0.3) is 5.91 Å². The summed E-state index contributed by atoms with van der Waals surface area (Å²) in [6.07, 6.45) is 1.73. The molecule has 0 aliphatic heterocycles. The average Bonchev–Trinajstić information content (AvgIpc) is 2.35. The van der Waals surface area contributed by atoms with E-state index in [1.165, 1.54) is 18.3 Å². The second-order valence-corrected chi connectivity index (χ2v) is 5.94. The summed E-state index contributed by atoms with van der Waals surface area (Å²) in [5, 5.41) is 11.3. The van der Waals surface area contributed by atoms with Crippen molar-refractivity contribution in [3.63, 3.8) is 0 Å². The Morgan fingerprint density at radius 2 is 2.14 bits per heavy atom. The number of hydrogen-bond donors (Lipinski definition) is 2. The number of aliphatic hydroxyl groups excluding tert-OH is 1. The number of carbonyl (C=O) groups is 1. The Hall–Kier alpha value is -1.28. The van der Waals surface area contributed by atoms with Crippen LogP contribution in [0, 0.1) is 5.92 Å². The van der Waals surface area contributed by atoms with E-state index in [9.17, 15) is 23.1 Å². The van der Waals surface area contributed by atoms with Crippen LogP contribution in [0.25, 0.3) is 0 Å². The number of thioether (sulfide) groups is 1. The van der Waals surface area contributed by atoms with Gasteiger partial charge in [-0.1, -0.05) is 13.8 Å². The molecule has 1 rings (SSSR count). The number of amides is 1. The van der Waals surface area contributed by atoms with Crippen molar-refractivity contribution in [3.05, 3.63) is 23.9 Å². The Kier molecular flexibility index (Phi) is 6.47. The van der Waals surface area contributed by atoms with Gasteiger partial charge in [0.1, 0.15) is 5.03 Å². The minimum atomic E-state index is -4.52. The molecule has 0 radical (unpaired) electrons. The summed E-state index contributed by atoms with van der Waals surface area (Å²) in [7, 11) is 0. The lowest BCUT2D eigenvalue weighted by Crippen LogP contribution is -2.38. The average molecular weight is 322 g/mol. The molecule has 1 amide bonds. The summed E-state index contributed by atoms with van der Waals surface area (Å²) in [5.41, 5.74) is -4.67. The largest absolute Gasteiger partial charge is 0.447 e. The molecule has 1 unspecified atom stereocenters. The molecule has 0 aliphatic rings. The highest BCUT2D eigenvalue weighted by Gasteiger charge is 2.32. The van der Waals surface area contributed by atoms with Crippen molar-refractivity contribution in [3.8, 4) is 0 Å². The predicted molar refractivity (Wildman–Crippen MR) is 73.9 cm³/mol. The Morgan fingerprint density at radius 3 is 2.67 bits per heavy atom. The Balaban J connectivity index is 2.87. The van der Waals surface area contributed by atoms with Crippen LogP contribution in [0.2, 0.25) is 0 Å². The third-order valence-corrected chi connectivity index (χ3v) is 3.29. The molecule has 0 aliphatic carbocycles. The van der Waals surface area contributed by atoms with E-state index in [-0.39, 0.29) is 18.1 Å². The van der Waals surface area contributed by atoms with Gasteiger partial charge in [0.05, 0.1) is 18.2 Å². The zero-order valence-electron chi connectivity index (χ0n) is 11.6. The quantitative estimate of drug-likeness (QED) is 0.791. The number of nitrogens with zero attached hydrogens (tertiary/aromatic N) is 1. The normalized spacial score (nSPS) is 13.3. The molecule has 1 aromatic heterocycles. The van der Waals surface area contributed by atoms with E-state index in [4.69, 9.17) is 0 Å². The maximum atomic E-state index is 12.4. The topological polar surface area (TPSA) is 62.2 Å². The lowest BCUT2D eigenvalue weighted by atomic mass is 10.0. The number of hydrogen-bond acceptors (Lipinski definition) is 4. The fraction of sp³-hybridized carbons (Fsp3) is 0.538. The van der Waals surface area contributed by atoms with Gasteiger partial charge >= 0.3 is 5.51 Å². The summed E-state index contributed by atoms with van der Waals surface area (Å²) in [6, 6.07) is 2.17. The minimum Gasteiger partial charge on any atom is -0.394 e. The molecule has 0 saturated heterocycles. The van der Waals surface area contributed by atoms with Crippen molar-refractivity contribution in [1.82, 2.24) is 10.3 Å². The van der Waals surface area contributed by atoms with Gasteiger partial charge in [-0.05, 0) is 24.5 Å². The van der Waals surface area contributed by atoms with Crippen molar-refractivity contribution >= 4 is 17.7 Å². The first-order valence-corrected chi connectivity index (χ1v) is 7.17. The van der Waals surface area contributed by atoms with Crippen molar-refractivity contribution in [2.45, 2.75) is 36.8 Å². The predicted octanol–water partition coefficient (Wildman–Crippen LogP) is 2.83. The van der Waals surface area contributed by atoms with Gasteiger partial charge in [-0.15, -0.1) is 0 Å². The fourth-order valence-corrected chi connectivity index (χ4v) is 2.37. The van der Waals surface area contributed by atoms with Gasteiger partial charge in [0.2, 0.25) is 0 Å². The molecule has 0 spiro atoms. The summed E-state index contributed by atoms with van der Waals surface area (Å²) in [6.45, 7) is 3.57. The van der Waals surface area contributed by atoms with Gasteiger partial charge in [-0.3, -0.25) is 4.79 Å². The highest BCUT2D eigenvalue weighted by Crippen LogP contribution is 2.37. The number of alkyl halides is 3. The Bertz CT molecular complexity index is 481. The van der Waals surface area contributed by atoms with Crippen molar-refractivity contribution < 1.29 is 23.1 Å². The third-order valence-electron chi connectivity index (χ3n) is 2.54. The Morgan fingerprint density at radius 1 is 1.48 bits per heavy atom. The van der Waals surface area contributed by atoms with Crippen LogP contribution in [-0.2, 0) is 0 Å². The third kappa shape index (κ3) is 6.34. The molecule has 118 valence electrons. The molecule has 1 aromatic rings. The second kappa shape index (κ2) is 7.65. The Labute approximate surface area is 125 Å². The van der Waals surface area contributed by atoms with Crippen LogP contribution in [0.15, 0.2) is 23.4 Å². The maximum Gasteiger partial charge on any atom is 0.447 e. The van der Waals surface area contributed by atoms with E-state index in [0.717, 1.165) is 0 Å². The van der Waals surface area contributed by atoms with Gasteiger partial charge in [-0.2, -0.15) is 13.2 Å². The first-order valence-electron chi connectivity index (χ1n) is 6.35. The molecule has 2 N–H and O–H groups in total. The molecule has 0 bridgehead atoms. The fourth-order valence-electron chi connectivity index (χ4n) is 1.77. The first kappa shape index (κ1) is 17.8. The number of rotatable bonds is 6. The van der Waals surface area contributed by atoms with Gasteiger partial charge in [0.15, 0.2) is 0 Å². The van der Waals surface area contributed by atoms with Crippen molar-refractivity contribution in [1.29, 1.82) is 0 Å². The van der Waals surface area contributed by atoms with E-state index in [1.807, 2.05) is 13.8 Å². The molecule has 21 heavy (non-hydrogen) atoms. The number of aliphatic hydroxyl groups is 1. The first-order chi connectivity index (χ1) is 9.73. The lowest BCUT2D eigenvalue weighted by Gasteiger charge is -2.19. The van der Waals surface area contributed by atoms with Crippen LogP contribution in [0.3, 0.4) is 0 Å². The summed E-state index contributed by atoms with van der Waals surface area (Å²) < 4.78 is 37.3. The van der Waals surface area contributed by atoms with Crippen LogP contribution < -0.4 is 5.32 Å². The monoisotopic (exact) mass is 322 g/mol. The van der Waals surface area contributed by atoms with Crippen molar-refractivity contribution in [2.24, 2.45) is 5.92 Å². The van der Waals surface area contributed by atoms with Gasteiger partial charge < -0.3 is 10.4 Å². The van der Waals surface area contributed by atoms with Crippen LogP contribution in [0.4, 0.5) is 13.2 Å². The van der Waals surface area contributed by atoms with E-state index >= 15 is 0 Å². The van der Waals surface area contributed by atoms with Crippen LogP contribution in [-0.4, -0.2) is 34.2 Å². The maximum absolute atomic E-state index is 12.4. The second-order valence-electron chi connectivity index (χ2n) is 4.89. The number of carbonyl (C=O) groups excluding carboxylic acids is 1. The zero-order valence-corrected chi connectivity index (χ0v) is 12.5. The smallest absolute Gasteiger partial charge is 0.394 e. The molecular formula is C13H17F3N2O2S. The molecule has 4 nitrogen and oxygen atoms in total. The molecule has 0 aromatic carbocycles. The number of nitrogens with one attached hydrogen (secondary N) is 1. The van der Waals surface area contributed by atoms with E-state index < -0.39 is 34.2 Å². The van der Waals surface area contributed by atoms with Gasteiger partial charge in [0, 0.05) is 18.0 Å². The summed E-state index contributed by atoms with van der Waals surface area (Å²) in [4.78, 5) is 15.7. The minimum absolute atomic E-state index is 0.151. The molecule has 8 heteroatoms. The summed E-state index contributed by atoms with van der Waals surface area (Å²) in [5.74, 6) is -0.435. The zero-order chi connectivity index (χ0) is 16.0. The summed E-state index contributed by atoms with van der Waals surface area (Å²) >= 11 is -0.430. The van der Waals surface area contributed by atoms with E-state index in [2.05, 4.69) is 10.3 Å².